The molecule has 0 radical (unpaired) electrons. The van der Waals surface area contributed by atoms with E-state index in [4.69, 9.17) is 0 Å². The number of ketones is 1. The Morgan fingerprint density at radius 1 is 1.43 bits per heavy atom. The van der Waals surface area contributed by atoms with E-state index in [0.29, 0.717) is 0 Å². The van der Waals surface area contributed by atoms with E-state index < -0.39 is 11.5 Å². The van der Waals surface area contributed by atoms with Gasteiger partial charge in [-0.3, -0.25) is 9.59 Å². The number of hydrogen-bond acceptors (Lipinski definition) is 4. The number of rotatable bonds is 2. The lowest BCUT2D eigenvalue weighted by Crippen LogP contribution is -2.51. The molecule has 1 aliphatic rings. The summed E-state index contributed by atoms with van der Waals surface area (Å²) < 4.78 is 4.57. The molecular weight excluding hydrogens is 186 g/mol. The summed E-state index contributed by atoms with van der Waals surface area (Å²) in [5.41, 5.74) is -1.06. The number of amides is 1. The molecule has 1 aliphatic heterocycles. The van der Waals surface area contributed by atoms with Crippen molar-refractivity contribution in [1.82, 2.24) is 4.90 Å². The molecule has 0 aromatic heterocycles. The van der Waals surface area contributed by atoms with E-state index >= 15 is 0 Å². The molecule has 0 unspecified atom stereocenters. The number of methoxy groups -OCH3 is 1. The minimum absolute atomic E-state index is 0.000926. The molecule has 1 fully saturated rings. The smallest absolute Gasteiger partial charge is 0.331 e. The van der Waals surface area contributed by atoms with Crippen molar-refractivity contribution < 1.29 is 19.1 Å². The number of carbonyl (C=O) groups is 3. The molecule has 14 heavy (non-hydrogen) atoms. The molecule has 5 heteroatoms. The third kappa shape index (κ3) is 1.62. The first-order chi connectivity index (χ1) is 6.39. The highest BCUT2D eigenvalue weighted by Gasteiger charge is 2.43. The summed E-state index contributed by atoms with van der Waals surface area (Å²) >= 11 is 0. The van der Waals surface area contributed by atoms with Gasteiger partial charge in [-0.2, -0.15) is 0 Å². The number of nitrogens with zero attached hydrogens (tertiary/aromatic N) is 1. The van der Waals surface area contributed by atoms with Crippen LogP contribution in [0.1, 0.15) is 20.3 Å². The van der Waals surface area contributed by atoms with E-state index in [-0.39, 0.29) is 24.7 Å². The van der Waals surface area contributed by atoms with Crippen molar-refractivity contribution in [3.05, 3.63) is 0 Å². The Morgan fingerprint density at radius 2 is 2.00 bits per heavy atom. The van der Waals surface area contributed by atoms with Crippen LogP contribution in [0, 0.1) is 0 Å². The summed E-state index contributed by atoms with van der Waals surface area (Å²) in [5, 5.41) is 0. The Morgan fingerprint density at radius 3 is 2.36 bits per heavy atom. The van der Waals surface area contributed by atoms with Crippen LogP contribution in [0.4, 0.5) is 0 Å². The standard InChI is InChI=1S/C9H13NO4/c1-9(2,8(13)14-3)10-5-6(11)4-7(10)12/h4-5H2,1-3H3. The number of carbonyl (C=O) groups excluding carboxylic acids is 3. The predicted molar refractivity (Wildman–Crippen MR) is 47.4 cm³/mol. The van der Waals surface area contributed by atoms with Crippen molar-refractivity contribution in [1.29, 1.82) is 0 Å². The molecule has 0 N–H and O–H groups in total. The second kappa shape index (κ2) is 3.40. The third-order valence-corrected chi connectivity index (χ3v) is 2.34. The van der Waals surface area contributed by atoms with E-state index in [9.17, 15) is 14.4 Å². The first-order valence-electron chi connectivity index (χ1n) is 4.30. The number of Topliss-reactive ketones (excluding diaryl/α,β-unsaturated/α-hetero) is 1. The minimum atomic E-state index is -1.06. The average Bonchev–Trinajstić information content (AvgIpc) is 2.44. The van der Waals surface area contributed by atoms with Gasteiger partial charge in [0, 0.05) is 0 Å². The topological polar surface area (TPSA) is 63.7 Å². The Balaban J connectivity index is 2.87. The molecule has 0 bridgehead atoms. The van der Waals surface area contributed by atoms with Crippen LogP contribution in [0.3, 0.4) is 0 Å². The summed E-state index contributed by atoms with van der Waals surface area (Å²) in [6, 6.07) is 0. The molecule has 1 rings (SSSR count). The van der Waals surface area contributed by atoms with Crippen LogP contribution in [-0.2, 0) is 19.1 Å². The maximum absolute atomic E-state index is 11.3. The molecule has 0 aliphatic carbocycles. The predicted octanol–water partition coefficient (Wildman–Crippen LogP) is -0.261. The zero-order valence-corrected chi connectivity index (χ0v) is 8.49. The van der Waals surface area contributed by atoms with Gasteiger partial charge >= 0.3 is 5.97 Å². The van der Waals surface area contributed by atoms with Gasteiger partial charge in [0.1, 0.15) is 5.54 Å². The fourth-order valence-corrected chi connectivity index (χ4v) is 1.45. The van der Waals surface area contributed by atoms with Crippen LogP contribution < -0.4 is 0 Å². The number of ether oxygens (including phenoxy) is 1. The Hall–Kier alpha value is -1.39. The SMILES string of the molecule is COC(=O)C(C)(C)N1CC(=O)CC1=O. The van der Waals surface area contributed by atoms with Gasteiger partial charge in [0.2, 0.25) is 5.91 Å². The minimum Gasteiger partial charge on any atom is -0.467 e. The Labute approximate surface area is 82.0 Å². The Kier molecular flexibility index (Phi) is 2.59. The molecule has 1 heterocycles. The van der Waals surface area contributed by atoms with Crippen LogP contribution in [0.25, 0.3) is 0 Å². The molecule has 0 saturated carbocycles. The van der Waals surface area contributed by atoms with Crippen LogP contribution in [0.2, 0.25) is 0 Å². The van der Waals surface area contributed by atoms with E-state index in [1.54, 1.807) is 13.8 Å². The maximum Gasteiger partial charge on any atom is 0.331 e. The zero-order chi connectivity index (χ0) is 10.9. The van der Waals surface area contributed by atoms with Crippen molar-refractivity contribution in [2.75, 3.05) is 13.7 Å². The van der Waals surface area contributed by atoms with Crippen LogP contribution >= 0.6 is 0 Å². The fraction of sp³-hybridized carbons (Fsp3) is 0.667. The lowest BCUT2D eigenvalue weighted by Gasteiger charge is -2.31. The van der Waals surface area contributed by atoms with E-state index in [1.807, 2.05) is 0 Å². The van der Waals surface area contributed by atoms with E-state index in [0.717, 1.165) is 0 Å². The van der Waals surface area contributed by atoms with Crippen LogP contribution in [0.15, 0.2) is 0 Å². The normalized spacial score (nSPS) is 17.5. The van der Waals surface area contributed by atoms with Gasteiger partial charge in [0.25, 0.3) is 0 Å². The van der Waals surface area contributed by atoms with Crippen molar-refractivity contribution >= 4 is 17.7 Å². The largest absolute Gasteiger partial charge is 0.467 e. The zero-order valence-electron chi connectivity index (χ0n) is 8.49. The van der Waals surface area contributed by atoms with Gasteiger partial charge in [-0.1, -0.05) is 0 Å². The van der Waals surface area contributed by atoms with E-state index in [1.165, 1.54) is 12.0 Å². The first-order valence-corrected chi connectivity index (χ1v) is 4.30. The van der Waals surface area contributed by atoms with Gasteiger partial charge in [0.05, 0.1) is 20.1 Å². The summed E-state index contributed by atoms with van der Waals surface area (Å²) in [5.74, 6) is -0.988. The maximum atomic E-state index is 11.3. The van der Waals surface area contributed by atoms with Gasteiger partial charge < -0.3 is 9.64 Å². The lowest BCUT2D eigenvalue weighted by atomic mass is 10.0. The number of esters is 1. The fourth-order valence-electron chi connectivity index (χ4n) is 1.45. The summed E-state index contributed by atoms with van der Waals surface area (Å²) in [4.78, 5) is 35.0. The monoisotopic (exact) mass is 199 g/mol. The second-order valence-corrected chi connectivity index (χ2v) is 3.75. The molecule has 1 amide bonds. The third-order valence-electron chi connectivity index (χ3n) is 2.34. The molecule has 78 valence electrons. The van der Waals surface area contributed by atoms with Crippen molar-refractivity contribution in [3.8, 4) is 0 Å². The second-order valence-electron chi connectivity index (χ2n) is 3.75. The summed E-state index contributed by atoms with van der Waals surface area (Å²) in [7, 11) is 1.26. The lowest BCUT2D eigenvalue weighted by molar-refractivity contribution is -0.157. The van der Waals surface area contributed by atoms with Crippen LogP contribution in [-0.4, -0.2) is 41.8 Å². The highest BCUT2D eigenvalue weighted by molar-refractivity contribution is 6.07. The number of hydrogen-bond donors (Lipinski definition) is 0. The molecule has 5 nitrogen and oxygen atoms in total. The highest BCUT2D eigenvalue weighted by Crippen LogP contribution is 2.21. The average molecular weight is 199 g/mol. The molecular formula is C9H13NO4. The van der Waals surface area contributed by atoms with Gasteiger partial charge in [-0.25, -0.2) is 4.79 Å². The molecule has 0 spiro atoms. The summed E-state index contributed by atoms with van der Waals surface area (Å²) in [6.45, 7) is 3.13. The molecule has 0 atom stereocenters. The van der Waals surface area contributed by atoms with E-state index in [2.05, 4.69) is 4.74 Å². The Bertz CT molecular complexity index is 295. The van der Waals surface area contributed by atoms with Crippen molar-refractivity contribution in [2.45, 2.75) is 25.8 Å². The molecule has 0 aromatic carbocycles. The van der Waals surface area contributed by atoms with Crippen molar-refractivity contribution in [3.63, 3.8) is 0 Å². The first kappa shape index (κ1) is 10.7. The van der Waals surface area contributed by atoms with Gasteiger partial charge in [0.15, 0.2) is 5.78 Å². The summed E-state index contributed by atoms with van der Waals surface area (Å²) in [6.07, 6.45) is -0.111. The van der Waals surface area contributed by atoms with Gasteiger partial charge in [-0.15, -0.1) is 0 Å². The van der Waals surface area contributed by atoms with Crippen molar-refractivity contribution in [2.24, 2.45) is 0 Å². The van der Waals surface area contributed by atoms with Crippen LogP contribution in [0.5, 0.6) is 0 Å². The van der Waals surface area contributed by atoms with Gasteiger partial charge in [-0.05, 0) is 13.8 Å². The quantitative estimate of drug-likeness (QED) is 0.454. The molecule has 1 saturated heterocycles. The molecule has 0 aromatic rings. The number of likely N-dealkylation sites (tertiary alicyclic amines) is 1. The highest BCUT2D eigenvalue weighted by atomic mass is 16.5.